The first kappa shape index (κ1) is 19.0. The van der Waals surface area contributed by atoms with Gasteiger partial charge < -0.3 is 10.4 Å². The van der Waals surface area contributed by atoms with Crippen molar-refractivity contribution in [1.29, 1.82) is 0 Å². The van der Waals surface area contributed by atoms with Crippen LogP contribution in [0.15, 0.2) is 73.3 Å². The van der Waals surface area contributed by atoms with Crippen molar-refractivity contribution in [2.75, 3.05) is 6.61 Å². The van der Waals surface area contributed by atoms with Crippen LogP contribution in [0.4, 0.5) is 4.79 Å². The molecule has 1 unspecified atom stereocenters. The number of nitrogens with one attached hydrogen (secondary N) is 2. The molecule has 0 aliphatic rings. The number of carbonyl (C=O) groups excluding carboxylic acids is 1. The Morgan fingerprint density at radius 3 is 2.55 bits per heavy atom. The number of H-pyrrole nitrogens is 1. The molecule has 0 aliphatic heterocycles. The molecule has 0 saturated carbocycles. The summed E-state index contributed by atoms with van der Waals surface area (Å²) in [7, 11) is 0. The van der Waals surface area contributed by atoms with Gasteiger partial charge in [-0.2, -0.15) is 0 Å². The van der Waals surface area contributed by atoms with Crippen LogP contribution in [0.5, 0.6) is 0 Å². The molecule has 0 fully saturated rings. The molecular weight excluding hydrogens is 392 g/mol. The molecule has 0 bridgehead atoms. The van der Waals surface area contributed by atoms with Crippen LogP contribution >= 0.6 is 0 Å². The molecule has 1 amide bonds. The first-order valence-electron chi connectivity index (χ1n) is 9.97. The lowest BCUT2D eigenvalue weighted by Gasteiger charge is -2.18. The van der Waals surface area contributed by atoms with Crippen molar-refractivity contribution in [2.45, 2.75) is 12.5 Å². The fraction of sp³-hybridized carbons (Fsp3) is 0.130. The number of aliphatic hydroxyl groups is 1. The highest BCUT2D eigenvalue weighted by Gasteiger charge is 2.20. The van der Waals surface area contributed by atoms with Crippen molar-refractivity contribution < 1.29 is 9.90 Å². The third-order valence-corrected chi connectivity index (χ3v) is 5.31. The molecule has 0 saturated heterocycles. The van der Waals surface area contributed by atoms with E-state index < -0.39 is 0 Å². The Morgan fingerprint density at radius 1 is 1.06 bits per heavy atom. The van der Waals surface area contributed by atoms with Gasteiger partial charge in [-0.3, -0.25) is 10.1 Å². The topological polar surface area (TPSA) is 109 Å². The Balaban J connectivity index is 1.61. The van der Waals surface area contributed by atoms with Crippen LogP contribution < -0.4 is 5.32 Å². The molecule has 5 rings (SSSR count). The molecule has 0 aliphatic carbocycles. The number of amides is 1. The van der Waals surface area contributed by atoms with E-state index in [9.17, 15) is 9.90 Å². The van der Waals surface area contributed by atoms with Crippen LogP contribution in [-0.4, -0.2) is 42.5 Å². The second-order valence-electron chi connectivity index (χ2n) is 7.21. The standard InChI is InChI=1S/C23H20N6O2/c30-11-8-18(15-4-2-1-3-5-15)27-23(31)29-21-13-20-19(25-14-26-20)12-17(21)22(28-29)16-6-9-24-10-7-16/h1-7,9-10,12-14,18,28,30H,8,11H2,(H,27,31). The van der Waals surface area contributed by atoms with E-state index in [4.69, 9.17) is 0 Å². The highest BCUT2D eigenvalue weighted by Crippen LogP contribution is 2.30. The van der Waals surface area contributed by atoms with Crippen molar-refractivity contribution >= 4 is 28.0 Å². The maximum absolute atomic E-state index is 13.3. The van der Waals surface area contributed by atoms with E-state index in [-0.39, 0.29) is 18.7 Å². The summed E-state index contributed by atoms with van der Waals surface area (Å²) in [6, 6.07) is 16.5. The smallest absolute Gasteiger partial charge is 0.341 e. The summed E-state index contributed by atoms with van der Waals surface area (Å²) < 4.78 is 1.48. The molecule has 154 valence electrons. The molecule has 3 N–H and O–H groups in total. The number of hydrogen-bond acceptors (Lipinski definition) is 5. The molecular formula is C23H20N6O2. The Hall–Kier alpha value is -4.04. The van der Waals surface area contributed by atoms with Gasteiger partial charge in [0.2, 0.25) is 0 Å². The van der Waals surface area contributed by atoms with Gasteiger partial charge >= 0.3 is 6.03 Å². The summed E-state index contributed by atoms with van der Waals surface area (Å²) in [6.45, 7) is -0.0397. The lowest BCUT2D eigenvalue weighted by Crippen LogP contribution is -2.33. The van der Waals surface area contributed by atoms with E-state index in [1.807, 2.05) is 54.6 Å². The second kappa shape index (κ2) is 8.00. The van der Waals surface area contributed by atoms with E-state index >= 15 is 0 Å². The summed E-state index contributed by atoms with van der Waals surface area (Å²) in [5.41, 5.74) is 4.78. The highest BCUT2D eigenvalue weighted by atomic mass is 16.3. The van der Waals surface area contributed by atoms with Crippen LogP contribution in [0.3, 0.4) is 0 Å². The fourth-order valence-electron chi connectivity index (χ4n) is 3.79. The first-order chi connectivity index (χ1) is 15.2. The number of carbonyl (C=O) groups is 1. The van der Waals surface area contributed by atoms with Crippen LogP contribution in [0.25, 0.3) is 33.2 Å². The number of aliphatic hydroxyl groups excluding tert-OH is 1. The molecule has 31 heavy (non-hydrogen) atoms. The number of nitrogens with zero attached hydrogens (tertiary/aromatic N) is 4. The summed E-state index contributed by atoms with van der Waals surface area (Å²) in [4.78, 5) is 26.0. The predicted molar refractivity (Wildman–Crippen MR) is 117 cm³/mol. The van der Waals surface area contributed by atoms with Gasteiger partial charge in [-0.1, -0.05) is 30.3 Å². The Morgan fingerprint density at radius 2 is 1.81 bits per heavy atom. The minimum atomic E-state index is -0.327. The number of benzene rings is 2. The lowest BCUT2D eigenvalue weighted by atomic mass is 10.0. The van der Waals surface area contributed by atoms with E-state index in [0.717, 1.165) is 27.7 Å². The van der Waals surface area contributed by atoms with Gasteiger partial charge in [0.05, 0.1) is 28.3 Å². The summed E-state index contributed by atoms with van der Waals surface area (Å²) in [5, 5.41) is 16.6. The molecule has 0 radical (unpaired) electrons. The number of imidazole rings is 1. The predicted octanol–water partition coefficient (Wildman–Crippen LogP) is 3.66. The molecule has 3 heterocycles. The Bertz CT molecular complexity index is 1340. The maximum Gasteiger partial charge on any atom is 0.341 e. The van der Waals surface area contributed by atoms with Crippen LogP contribution in [0.2, 0.25) is 0 Å². The molecule has 5 aromatic rings. The SMILES string of the molecule is O=C(NC(CCO)c1ccccc1)n1[nH]c(-c2ccncc2)c2cc3ncnc3cc21. The van der Waals surface area contributed by atoms with E-state index in [1.54, 1.807) is 12.4 Å². The number of aromatic nitrogens is 5. The number of aromatic amines is 1. The van der Waals surface area contributed by atoms with E-state index in [1.165, 1.54) is 11.0 Å². The number of pyridine rings is 1. The minimum Gasteiger partial charge on any atom is -0.396 e. The van der Waals surface area contributed by atoms with Crippen molar-refractivity contribution in [3.8, 4) is 11.3 Å². The van der Waals surface area contributed by atoms with Crippen LogP contribution in [0, 0.1) is 0 Å². The van der Waals surface area contributed by atoms with Gasteiger partial charge in [0.25, 0.3) is 0 Å². The van der Waals surface area contributed by atoms with Crippen molar-refractivity contribution in [3.05, 3.63) is 78.9 Å². The highest BCUT2D eigenvalue weighted by molar-refractivity contribution is 6.04. The van der Waals surface area contributed by atoms with Gasteiger partial charge in [0, 0.05) is 30.0 Å². The number of fused-ring (bicyclic) bond motifs is 2. The second-order valence-corrected chi connectivity index (χ2v) is 7.21. The zero-order valence-corrected chi connectivity index (χ0v) is 16.6. The monoisotopic (exact) mass is 412 g/mol. The normalized spacial score (nSPS) is 12.3. The van der Waals surface area contributed by atoms with Crippen molar-refractivity contribution in [1.82, 2.24) is 30.0 Å². The molecule has 2 aromatic carbocycles. The van der Waals surface area contributed by atoms with Crippen molar-refractivity contribution in [2.24, 2.45) is 0 Å². The fourth-order valence-corrected chi connectivity index (χ4v) is 3.79. The van der Waals surface area contributed by atoms with E-state index in [2.05, 4.69) is 25.4 Å². The molecule has 8 nitrogen and oxygen atoms in total. The number of hydrogen-bond donors (Lipinski definition) is 3. The zero-order valence-electron chi connectivity index (χ0n) is 16.6. The maximum atomic E-state index is 13.3. The van der Waals surface area contributed by atoms with Crippen LogP contribution in [-0.2, 0) is 0 Å². The quantitative estimate of drug-likeness (QED) is 0.408. The van der Waals surface area contributed by atoms with Gasteiger partial charge in [0.15, 0.2) is 0 Å². The summed E-state index contributed by atoms with van der Waals surface area (Å²) >= 11 is 0. The average Bonchev–Trinajstić information content (AvgIpc) is 3.42. The Kier molecular flexibility index (Phi) is 4.89. The van der Waals surface area contributed by atoms with E-state index in [0.29, 0.717) is 17.5 Å². The van der Waals surface area contributed by atoms with Crippen molar-refractivity contribution in [3.63, 3.8) is 0 Å². The molecule has 0 spiro atoms. The molecule has 1 atom stereocenters. The lowest BCUT2D eigenvalue weighted by molar-refractivity contribution is 0.229. The molecule has 3 aromatic heterocycles. The van der Waals surface area contributed by atoms with Gasteiger partial charge in [-0.25, -0.2) is 19.4 Å². The zero-order chi connectivity index (χ0) is 21.2. The third kappa shape index (κ3) is 3.53. The number of rotatable bonds is 5. The average molecular weight is 412 g/mol. The largest absolute Gasteiger partial charge is 0.396 e. The van der Waals surface area contributed by atoms with Crippen LogP contribution in [0.1, 0.15) is 18.0 Å². The summed E-state index contributed by atoms with van der Waals surface area (Å²) in [6.07, 6.45) is 5.33. The van der Waals surface area contributed by atoms with Gasteiger partial charge in [-0.15, -0.1) is 0 Å². The van der Waals surface area contributed by atoms with Gasteiger partial charge in [0.1, 0.15) is 6.33 Å². The summed E-state index contributed by atoms with van der Waals surface area (Å²) in [5.74, 6) is 0. The van der Waals surface area contributed by atoms with Gasteiger partial charge in [-0.05, 0) is 36.2 Å². The Labute approximate surface area is 177 Å². The molecule has 8 heteroatoms. The minimum absolute atomic E-state index is 0.0397. The first-order valence-corrected chi connectivity index (χ1v) is 9.97. The third-order valence-electron chi connectivity index (χ3n) is 5.31.